The van der Waals surface area contributed by atoms with E-state index in [1.54, 1.807) is 4.68 Å². The Bertz CT molecular complexity index is 1190. The zero-order valence-corrected chi connectivity index (χ0v) is 19.3. The predicted octanol–water partition coefficient (Wildman–Crippen LogP) is 5.04. The van der Waals surface area contributed by atoms with E-state index in [-0.39, 0.29) is 11.8 Å². The number of hydrogen-bond donors (Lipinski definition) is 1. The lowest BCUT2D eigenvalue weighted by atomic mass is 9.85. The first-order chi connectivity index (χ1) is 15.6. The summed E-state index contributed by atoms with van der Waals surface area (Å²) in [6.45, 7) is 2.88. The van der Waals surface area contributed by atoms with Crippen LogP contribution < -0.4 is 14.8 Å². The molecule has 0 saturated carbocycles. The molecule has 1 atom stereocenters. The average Bonchev–Trinajstić information content (AvgIpc) is 3.26. The Morgan fingerprint density at radius 2 is 1.97 bits per heavy atom. The lowest BCUT2D eigenvalue weighted by Gasteiger charge is -2.32. The molecule has 2 aliphatic rings. The number of anilines is 1. The highest BCUT2D eigenvalue weighted by molar-refractivity contribution is 9.10. The van der Waals surface area contributed by atoms with Crippen molar-refractivity contribution in [1.82, 2.24) is 14.8 Å². The lowest BCUT2D eigenvalue weighted by molar-refractivity contribution is -0.116. The first kappa shape index (κ1) is 20.8. The molecule has 2 aromatic carbocycles. The lowest BCUT2D eigenvalue weighted by Crippen LogP contribution is -2.31. The molecule has 0 saturated heterocycles. The van der Waals surface area contributed by atoms with Crippen LogP contribution in [0.1, 0.15) is 43.4 Å². The maximum atomic E-state index is 12.9. The molecule has 1 unspecified atom stereocenters. The fraction of sp³-hybridized carbons (Fsp3) is 0.292. The number of allylic oxidation sites excluding steroid dienone is 2. The maximum absolute atomic E-state index is 12.9. The number of aromatic nitrogens is 3. The number of ketones is 1. The molecule has 164 valence electrons. The summed E-state index contributed by atoms with van der Waals surface area (Å²) in [7, 11) is 0. The van der Waals surface area contributed by atoms with Crippen LogP contribution in [0.4, 0.5) is 5.95 Å². The minimum absolute atomic E-state index is 0.151. The maximum Gasteiger partial charge on any atom is 0.226 e. The van der Waals surface area contributed by atoms with Crippen LogP contribution >= 0.6 is 15.9 Å². The Labute approximate surface area is 194 Å². The number of fused-ring (bicyclic) bond motifs is 1. The fourth-order valence-electron chi connectivity index (χ4n) is 4.23. The van der Waals surface area contributed by atoms with Crippen LogP contribution in [-0.4, -0.2) is 27.2 Å². The molecule has 1 aromatic heterocycles. The van der Waals surface area contributed by atoms with Gasteiger partial charge in [0.25, 0.3) is 0 Å². The van der Waals surface area contributed by atoms with Gasteiger partial charge in [-0.2, -0.15) is 10.1 Å². The molecular formula is C24H23BrN4O3. The number of hydrogen-bond acceptors (Lipinski definition) is 6. The molecule has 2 heterocycles. The zero-order valence-electron chi connectivity index (χ0n) is 17.7. The standard InChI is InChI=1S/C24H23BrN4O3/c1-2-31-21-12-16(8-11-20(21)32-13-15-6-9-17(25)10-7-15)23-22-18(4-3-5-19(22)30)28-24-26-14-27-29(23)24/h6-12,14,23H,2-5,13H2,1H3,(H,26,27,28). The van der Waals surface area contributed by atoms with E-state index in [1.165, 1.54) is 6.33 Å². The number of rotatable bonds is 6. The van der Waals surface area contributed by atoms with E-state index in [9.17, 15) is 4.79 Å². The molecule has 1 N–H and O–H groups in total. The highest BCUT2D eigenvalue weighted by Crippen LogP contribution is 2.41. The fourth-order valence-corrected chi connectivity index (χ4v) is 4.49. The first-order valence-corrected chi connectivity index (χ1v) is 11.5. The minimum atomic E-state index is -0.337. The molecule has 0 radical (unpaired) electrons. The van der Waals surface area contributed by atoms with Crippen LogP contribution in [0.25, 0.3) is 0 Å². The summed E-state index contributed by atoms with van der Waals surface area (Å²) in [5.41, 5.74) is 3.69. The largest absolute Gasteiger partial charge is 0.490 e. The number of carbonyl (C=O) groups is 1. The van der Waals surface area contributed by atoms with Gasteiger partial charge in [0.15, 0.2) is 17.3 Å². The van der Waals surface area contributed by atoms with Crippen molar-refractivity contribution in [3.63, 3.8) is 0 Å². The van der Waals surface area contributed by atoms with Crippen molar-refractivity contribution in [3.8, 4) is 11.5 Å². The van der Waals surface area contributed by atoms with Crippen molar-refractivity contribution >= 4 is 27.7 Å². The van der Waals surface area contributed by atoms with Gasteiger partial charge in [0, 0.05) is 22.2 Å². The van der Waals surface area contributed by atoms with E-state index in [1.807, 2.05) is 49.4 Å². The summed E-state index contributed by atoms with van der Waals surface area (Å²) in [5, 5.41) is 7.69. The van der Waals surface area contributed by atoms with Crippen molar-refractivity contribution in [1.29, 1.82) is 0 Å². The Morgan fingerprint density at radius 1 is 1.12 bits per heavy atom. The van der Waals surface area contributed by atoms with Crippen molar-refractivity contribution < 1.29 is 14.3 Å². The number of carbonyl (C=O) groups excluding carboxylic acids is 1. The van der Waals surface area contributed by atoms with Crippen molar-refractivity contribution in [2.24, 2.45) is 0 Å². The Hall–Kier alpha value is -3.13. The molecule has 1 aliphatic heterocycles. The third-order valence-corrected chi connectivity index (χ3v) is 6.23. The zero-order chi connectivity index (χ0) is 22.1. The van der Waals surface area contributed by atoms with Crippen molar-refractivity contribution in [2.75, 3.05) is 11.9 Å². The molecule has 1 aliphatic carbocycles. The van der Waals surface area contributed by atoms with E-state index in [4.69, 9.17) is 9.47 Å². The highest BCUT2D eigenvalue weighted by Gasteiger charge is 2.36. The van der Waals surface area contributed by atoms with Gasteiger partial charge in [-0.15, -0.1) is 0 Å². The highest BCUT2D eigenvalue weighted by atomic mass is 79.9. The molecule has 3 aromatic rings. The SMILES string of the molecule is CCOc1cc(C2C3=C(CCCC3=O)Nc3ncnn32)ccc1OCc1ccc(Br)cc1. The van der Waals surface area contributed by atoms with Crippen LogP contribution in [0.5, 0.6) is 11.5 Å². The van der Waals surface area contributed by atoms with Gasteiger partial charge in [0.2, 0.25) is 5.95 Å². The summed E-state index contributed by atoms with van der Waals surface area (Å²) in [6.07, 6.45) is 3.74. The van der Waals surface area contributed by atoms with Gasteiger partial charge in [-0.1, -0.05) is 34.1 Å². The number of Topliss-reactive ketones (excluding diaryl/α,β-unsaturated/α-hetero) is 1. The van der Waals surface area contributed by atoms with Gasteiger partial charge in [-0.05, 0) is 55.2 Å². The molecule has 0 amide bonds. The van der Waals surface area contributed by atoms with Gasteiger partial charge in [0.1, 0.15) is 19.0 Å². The molecule has 0 spiro atoms. The van der Waals surface area contributed by atoms with Gasteiger partial charge in [-0.3, -0.25) is 4.79 Å². The quantitative estimate of drug-likeness (QED) is 0.517. The van der Waals surface area contributed by atoms with Crippen LogP contribution in [-0.2, 0) is 11.4 Å². The Balaban J connectivity index is 1.49. The molecule has 0 bridgehead atoms. The van der Waals surface area contributed by atoms with E-state index >= 15 is 0 Å². The van der Waals surface area contributed by atoms with Crippen molar-refractivity contribution in [3.05, 3.63) is 75.7 Å². The van der Waals surface area contributed by atoms with Crippen LogP contribution in [0.3, 0.4) is 0 Å². The van der Waals surface area contributed by atoms with Crippen LogP contribution in [0.15, 0.2) is 64.5 Å². The van der Waals surface area contributed by atoms with E-state index < -0.39 is 0 Å². The summed E-state index contributed by atoms with van der Waals surface area (Å²) in [6, 6.07) is 13.5. The topological polar surface area (TPSA) is 78.3 Å². The van der Waals surface area contributed by atoms with Gasteiger partial charge < -0.3 is 14.8 Å². The molecule has 7 nitrogen and oxygen atoms in total. The summed E-state index contributed by atoms with van der Waals surface area (Å²) in [5.74, 6) is 2.11. The normalized spacial score (nSPS) is 17.4. The second kappa shape index (κ2) is 8.78. The molecule has 32 heavy (non-hydrogen) atoms. The van der Waals surface area contributed by atoms with Gasteiger partial charge >= 0.3 is 0 Å². The van der Waals surface area contributed by atoms with Gasteiger partial charge in [-0.25, -0.2) is 4.68 Å². The van der Waals surface area contributed by atoms with Gasteiger partial charge in [0.05, 0.1) is 6.61 Å². The molecule has 5 rings (SSSR count). The number of nitrogens with zero attached hydrogens (tertiary/aromatic N) is 3. The van der Waals surface area contributed by atoms with E-state index in [0.29, 0.717) is 37.1 Å². The number of nitrogens with one attached hydrogen (secondary N) is 1. The number of ether oxygens (including phenoxy) is 2. The Kier molecular flexibility index (Phi) is 5.70. The summed E-state index contributed by atoms with van der Waals surface area (Å²) >= 11 is 3.45. The third-order valence-electron chi connectivity index (χ3n) is 5.70. The first-order valence-electron chi connectivity index (χ1n) is 10.7. The third kappa shape index (κ3) is 3.90. The van der Waals surface area contributed by atoms with E-state index in [2.05, 4.69) is 31.3 Å². The van der Waals surface area contributed by atoms with Crippen LogP contribution in [0.2, 0.25) is 0 Å². The number of benzene rings is 2. The predicted molar refractivity (Wildman–Crippen MR) is 124 cm³/mol. The average molecular weight is 495 g/mol. The summed E-state index contributed by atoms with van der Waals surface area (Å²) in [4.78, 5) is 17.2. The minimum Gasteiger partial charge on any atom is -0.490 e. The molecular weight excluding hydrogens is 472 g/mol. The smallest absolute Gasteiger partial charge is 0.226 e. The van der Waals surface area contributed by atoms with Crippen LogP contribution in [0, 0.1) is 0 Å². The monoisotopic (exact) mass is 494 g/mol. The molecule has 8 heteroatoms. The summed E-state index contributed by atoms with van der Waals surface area (Å²) < 4.78 is 14.8. The van der Waals surface area contributed by atoms with E-state index in [0.717, 1.165) is 39.7 Å². The molecule has 0 fully saturated rings. The second-order valence-corrected chi connectivity index (χ2v) is 8.69. The van der Waals surface area contributed by atoms with Crippen molar-refractivity contribution in [2.45, 2.75) is 38.8 Å². The number of halogens is 1. The Morgan fingerprint density at radius 3 is 2.78 bits per heavy atom. The second-order valence-electron chi connectivity index (χ2n) is 7.78.